The highest BCUT2D eigenvalue weighted by Gasteiger charge is 2.16. The van der Waals surface area contributed by atoms with Crippen molar-refractivity contribution in [1.82, 2.24) is 0 Å². The van der Waals surface area contributed by atoms with E-state index in [1.165, 1.54) is 6.07 Å². The van der Waals surface area contributed by atoms with E-state index in [1.807, 2.05) is 36.4 Å². The molecule has 1 aromatic heterocycles. The van der Waals surface area contributed by atoms with Gasteiger partial charge in [-0.3, -0.25) is 4.79 Å². The Kier molecular flexibility index (Phi) is 4.88. The van der Waals surface area contributed by atoms with E-state index in [1.54, 1.807) is 30.3 Å². The minimum absolute atomic E-state index is 0.159. The van der Waals surface area contributed by atoms with E-state index in [0.717, 1.165) is 16.5 Å². The van der Waals surface area contributed by atoms with Gasteiger partial charge in [-0.25, -0.2) is 4.79 Å². The highest BCUT2D eigenvalue weighted by atomic mass is 16.6. The third-order valence-corrected chi connectivity index (χ3v) is 5.03. The molecule has 0 N–H and O–H groups in total. The van der Waals surface area contributed by atoms with Gasteiger partial charge in [0, 0.05) is 23.1 Å². The summed E-state index contributed by atoms with van der Waals surface area (Å²) >= 11 is 0. The molecular weight excluding hydrogens is 396 g/mol. The van der Waals surface area contributed by atoms with E-state index in [-0.39, 0.29) is 12.4 Å². The van der Waals surface area contributed by atoms with Gasteiger partial charge in [-0.2, -0.15) is 0 Å². The summed E-state index contributed by atoms with van der Waals surface area (Å²) in [5.74, 6) is 1.42. The average molecular weight is 414 g/mol. The fourth-order valence-corrected chi connectivity index (χ4v) is 3.54. The van der Waals surface area contributed by atoms with Gasteiger partial charge < -0.3 is 18.6 Å². The number of carbonyl (C=O) groups is 1. The van der Waals surface area contributed by atoms with Crippen LogP contribution in [-0.2, 0) is 0 Å². The Bertz CT molecular complexity index is 1320. The second-order valence-corrected chi connectivity index (χ2v) is 7.07. The highest BCUT2D eigenvalue weighted by Crippen LogP contribution is 2.32. The average Bonchev–Trinajstić information content (AvgIpc) is 2.82. The van der Waals surface area contributed by atoms with Crippen LogP contribution in [-0.4, -0.2) is 25.6 Å². The molecule has 1 aliphatic heterocycles. The number of hydrogen-bond donors (Lipinski definition) is 0. The number of hydrogen-bond acceptors (Lipinski definition) is 6. The number of Topliss-reactive ketones (excluding diaryl/α,β-unsaturated/α-hetero) is 1. The minimum Gasteiger partial charge on any atom is -0.486 e. The van der Waals surface area contributed by atoms with Crippen LogP contribution >= 0.6 is 0 Å². The summed E-state index contributed by atoms with van der Waals surface area (Å²) in [6.45, 7) is 0.787. The van der Waals surface area contributed by atoms with Crippen LogP contribution in [0.5, 0.6) is 17.2 Å². The molecule has 0 fully saturated rings. The fourth-order valence-electron chi connectivity index (χ4n) is 3.54. The molecule has 31 heavy (non-hydrogen) atoms. The summed E-state index contributed by atoms with van der Waals surface area (Å²) in [6.07, 6.45) is 0. The first kappa shape index (κ1) is 18.9. The predicted molar refractivity (Wildman–Crippen MR) is 115 cm³/mol. The van der Waals surface area contributed by atoms with Gasteiger partial charge in [0.25, 0.3) is 0 Å². The summed E-state index contributed by atoms with van der Waals surface area (Å²) in [7, 11) is 0. The molecule has 0 bridgehead atoms. The summed E-state index contributed by atoms with van der Waals surface area (Å²) < 4.78 is 22.0. The zero-order valence-corrected chi connectivity index (χ0v) is 16.5. The number of fused-ring (bicyclic) bond motifs is 2. The molecule has 0 saturated heterocycles. The maximum absolute atomic E-state index is 12.6. The molecule has 0 unspecified atom stereocenters. The molecule has 0 amide bonds. The lowest BCUT2D eigenvalue weighted by atomic mass is 10.0. The van der Waals surface area contributed by atoms with Crippen molar-refractivity contribution in [2.45, 2.75) is 0 Å². The second kappa shape index (κ2) is 7.99. The summed E-state index contributed by atoms with van der Waals surface area (Å²) in [6, 6.07) is 21.4. The van der Waals surface area contributed by atoms with Crippen LogP contribution in [0.1, 0.15) is 10.4 Å². The topological polar surface area (TPSA) is 75.0 Å². The molecule has 5 rings (SSSR count). The van der Waals surface area contributed by atoms with Crippen LogP contribution in [0.15, 0.2) is 82.0 Å². The van der Waals surface area contributed by atoms with Crippen molar-refractivity contribution in [1.29, 1.82) is 0 Å². The summed E-state index contributed by atoms with van der Waals surface area (Å²) in [5, 5.41) is 0.788. The lowest BCUT2D eigenvalue weighted by Gasteiger charge is -2.18. The zero-order valence-electron chi connectivity index (χ0n) is 16.5. The van der Waals surface area contributed by atoms with Gasteiger partial charge in [0.1, 0.15) is 24.5 Å². The Hall–Kier alpha value is -4.06. The largest absolute Gasteiger partial charge is 0.486 e. The van der Waals surface area contributed by atoms with E-state index in [4.69, 9.17) is 18.6 Å². The van der Waals surface area contributed by atoms with Crippen LogP contribution in [0.2, 0.25) is 0 Å². The van der Waals surface area contributed by atoms with Gasteiger partial charge in [0.05, 0.1) is 0 Å². The van der Waals surface area contributed by atoms with Crippen molar-refractivity contribution in [3.05, 3.63) is 88.8 Å². The molecule has 6 heteroatoms. The third-order valence-electron chi connectivity index (χ3n) is 5.03. The maximum Gasteiger partial charge on any atom is 0.336 e. The first-order valence-corrected chi connectivity index (χ1v) is 9.86. The second-order valence-electron chi connectivity index (χ2n) is 7.07. The summed E-state index contributed by atoms with van der Waals surface area (Å²) in [5.41, 5.74) is 2.13. The van der Waals surface area contributed by atoms with Crippen molar-refractivity contribution in [2.75, 3.05) is 19.8 Å². The van der Waals surface area contributed by atoms with Crippen molar-refractivity contribution < 1.29 is 23.4 Å². The Balaban J connectivity index is 1.38. The van der Waals surface area contributed by atoms with Gasteiger partial charge >= 0.3 is 5.63 Å². The predicted octanol–water partition coefficient (Wildman–Crippen LogP) is 4.49. The van der Waals surface area contributed by atoms with E-state index in [2.05, 4.69) is 0 Å². The lowest BCUT2D eigenvalue weighted by Crippen LogP contribution is -2.17. The molecule has 0 atom stereocenters. The van der Waals surface area contributed by atoms with Gasteiger partial charge in [0.2, 0.25) is 0 Å². The van der Waals surface area contributed by atoms with Crippen molar-refractivity contribution in [2.24, 2.45) is 0 Å². The number of ether oxygens (including phenoxy) is 3. The number of ketones is 1. The van der Waals surface area contributed by atoms with E-state index in [0.29, 0.717) is 41.6 Å². The first-order valence-electron chi connectivity index (χ1n) is 9.86. The van der Waals surface area contributed by atoms with E-state index >= 15 is 0 Å². The molecule has 2 heterocycles. The SMILES string of the molecule is O=C(COc1ccc2c(-c3ccccc3)cc(=O)oc2c1)c1ccc2c(c1)OCCO2. The summed E-state index contributed by atoms with van der Waals surface area (Å²) in [4.78, 5) is 24.6. The number of benzene rings is 3. The molecule has 0 spiro atoms. The van der Waals surface area contributed by atoms with Gasteiger partial charge in [-0.05, 0) is 41.5 Å². The van der Waals surface area contributed by atoms with Crippen LogP contribution in [0.25, 0.3) is 22.1 Å². The molecule has 0 aliphatic carbocycles. The Morgan fingerprint density at radius 3 is 2.52 bits per heavy atom. The van der Waals surface area contributed by atoms with Crippen molar-refractivity contribution in [3.8, 4) is 28.4 Å². The standard InChI is InChI=1S/C25H18O6/c26-21(17-6-9-22-24(12-17)29-11-10-28-22)15-30-18-7-8-19-20(16-4-2-1-3-5-16)14-25(27)31-23(19)13-18/h1-9,12-14H,10-11,15H2. The Labute approximate surface area is 177 Å². The smallest absolute Gasteiger partial charge is 0.336 e. The molecule has 1 aliphatic rings. The lowest BCUT2D eigenvalue weighted by molar-refractivity contribution is 0.0920. The number of carbonyl (C=O) groups excluding carboxylic acids is 1. The minimum atomic E-state index is -0.448. The molecular formula is C25H18O6. The monoisotopic (exact) mass is 414 g/mol. The molecule has 3 aromatic carbocycles. The molecule has 154 valence electrons. The first-order chi connectivity index (χ1) is 15.2. The fraction of sp³-hybridized carbons (Fsp3) is 0.120. The van der Waals surface area contributed by atoms with Crippen LogP contribution < -0.4 is 19.8 Å². The van der Waals surface area contributed by atoms with Crippen molar-refractivity contribution in [3.63, 3.8) is 0 Å². The van der Waals surface area contributed by atoms with Crippen LogP contribution in [0, 0.1) is 0 Å². The van der Waals surface area contributed by atoms with E-state index in [9.17, 15) is 9.59 Å². The Morgan fingerprint density at radius 2 is 1.68 bits per heavy atom. The Morgan fingerprint density at radius 1 is 0.871 bits per heavy atom. The van der Waals surface area contributed by atoms with Crippen molar-refractivity contribution >= 4 is 16.8 Å². The molecule has 6 nitrogen and oxygen atoms in total. The van der Waals surface area contributed by atoms with E-state index < -0.39 is 5.63 Å². The van der Waals surface area contributed by atoms with Gasteiger partial charge in [-0.1, -0.05) is 30.3 Å². The third kappa shape index (κ3) is 3.88. The zero-order chi connectivity index (χ0) is 21.2. The van der Waals surface area contributed by atoms with Crippen LogP contribution in [0.4, 0.5) is 0 Å². The quantitative estimate of drug-likeness (QED) is 0.354. The molecule has 4 aromatic rings. The van der Waals surface area contributed by atoms with Crippen LogP contribution in [0.3, 0.4) is 0 Å². The normalized spacial score (nSPS) is 12.5. The van der Waals surface area contributed by atoms with Gasteiger partial charge in [-0.15, -0.1) is 0 Å². The molecule has 0 radical (unpaired) electrons. The molecule has 0 saturated carbocycles. The van der Waals surface area contributed by atoms with Gasteiger partial charge in [0.15, 0.2) is 23.9 Å². The maximum atomic E-state index is 12.6. The number of rotatable bonds is 5. The highest BCUT2D eigenvalue weighted by molar-refractivity contribution is 5.98.